The summed E-state index contributed by atoms with van der Waals surface area (Å²) in [5, 5.41) is 13.2. The van der Waals surface area contributed by atoms with Crippen molar-refractivity contribution in [2.75, 3.05) is 6.54 Å². The van der Waals surface area contributed by atoms with E-state index in [1.165, 1.54) is 32.1 Å². The van der Waals surface area contributed by atoms with E-state index < -0.39 is 5.41 Å². The van der Waals surface area contributed by atoms with Crippen LogP contribution in [0.1, 0.15) is 85.0 Å². The van der Waals surface area contributed by atoms with E-state index in [1.54, 1.807) is 0 Å². The fourth-order valence-electron chi connectivity index (χ4n) is 3.31. The summed E-state index contributed by atoms with van der Waals surface area (Å²) >= 11 is 0. The monoisotopic (exact) mass is 297 g/mol. The molecular formula is C18H35NO2. The number of aliphatic hydroxyl groups is 1. The zero-order valence-corrected chi connectivity index (χ0v) is 14.3. The van der Waals surface area contributed by atoms with E-state index in [9.17, 15) is 9.90 Å². The van der Waals surface area contributed by atoms with Crippen molar-refractivity contribution >= 4 is 5.91 Å². The molecule has 0 heterocycles. The van der Waals surface area contributed by atoms with Crippen LogP contribution in [0.3, 0.4) is 0 Å². The molecule has 1 rings (SSSR count). The maximum atomic E-state index is 12.2. The largest absolute Gasteiger partial charge is 0.393 e. The van der Waals surface area contributed by atoms with Crippen molar-refractivity contribution in [3.63, 3.8) is 0 Å². The second kappa shape index (κ2) is 9.45. The van der Waals surface area contributed by atoms with Crippen LogP contribution >= 0.6 is 0 Å². The van der Waals surface area contributed by atoms with Gasteiger partial charge in [-0.3, -0.25) is 4.79 Å². The molecule has 0 saturated heterocycles. The Balaban J connectivity index is 2.26. The Hall–Kier alpha value is -0.570. The lowest BCUT2D eigenvalue weighted by Gasteiger charge is -2.28. The topological polar surface area (TPSA) is 49.3 Å². The van der Waals surface area contributed by atoms with Crippen molar-refractivity contribution in [2.45, 2.75) is 91.1 Å². The highest BCUT2D eigenvalue weighted by molar-refractivity contribution is 5.81. The van der Waals surface area contributed by atoms with Crippen LogP contribution in [-0.4, -0.2) is 23.7 Å². The first-order valence-corrected chi connectivity index (χ1v) is 8.92. The van der Waals surface area contributed by atoms with Gasteiger partial charge in [0.15, 0.2) is 0 Å². The molecule has 1 amide bonds. The Morgan fingerprint density at radius 1 is 1.29 bits per heavy atom. The maximum Gasteiger partial charge on any atom is 0.225 e. The molecular weight excluding hydrogens is 262 g/mol. The molecule has 1 aliphatic carbocycles. The Labute approximate surface area is 130 Å². The van der Waals surface area contributed by atoms with Gasteiger partial charge in [-0.25, -0.2) is 0 Å². The predicted octanol–water partition coefficient (Wildman–Crippen LogP) is 4.04. The molecule has 21 heavy (non-hydrogen) atoms. The number of carbonyl (C=O) groups excluding carboxylic acids is 1. The molecule has 1 fully saturated rings. The van der Waals surface area contributed by atoms with E-state index >= 15 is 0 Å². The van der Waals surface area contributed by atoms with Crippen molar-refractivity contribution in [1.82, 2.24) is 5.32 Å². The minimum Gasteiger partial charge on any atom is -0.393 e. The van der Waals surface area contributed by atoms with Gasteiger partial charge in [-0.1, -0.05) is 59.3 Å². The van der Waals surface area contributed by atoms with Crippen LogP contribution in [0, 0.1) is 11.3 Å². The van der Waals surface area contributed by atoms with Gasteiger partial charge < -0.3 is 10.4 Å². The smallest absolute Gasteiger partial charge is 0.225 e. The highest BCUT2D eigenvalue weighted by atomic mass is 16.3. The number of carbonyl (C=O) groups is 1. The lowest BCUT2D eigenvalue weighted by atomic mass is 9.81. The average Bonchev–Trinajstić information content (AvgIpc) is 2.46. The summed E-state index contributed by atoms with van der Waals surface area (Å²) in [5.74, 6) is 0.877. The van der Waals surface area contributed by atoms with Gasteiger partial charge in [-0.15, -0.1) is 0 Å². The number of rotatable bonds is 9. The van der Waals surface area contributed by atoms with Crippen LogP contribution in [0.5, 0.6) is 0 Å². The Morgan fingerprint density at radius 3 is 2.57 bits per heavy atom. The minimum atomic E-state index is -0.472. The predicted molar refractivity (Wildman–Crippen MR) is 88.1 cm³/mol. The first-order valence-electron chi connectivity index (χ1n) is 8.92. The standard InChI is InChI=1S/C18H35NO2/c1-4-5-13-19-17(21)18(2,3)14-16(20)12-11-15-9-7-6-8-10-15/h15-16,20H,4-14H2,1-3H3,(H,19,21). The SMILES string of the molecule is CCCCNC(=O)C(C)(C)CC(O)CCC1CCCCC1. The minimum absolute atomic E-state index is 0.0765. The summed E-state index contributed by atoms with van der Waals surface area (Å²) in [6.45, 7) is 6.75. The van der Waals surface area contributed by atoms with Crippen LogP contribution in [0.2, 0.25) is 0 Å². The second-order valence-electron chi connectivity index (χ2n) is 7.43. The third kappa shape index (κ3) is 7.30. The highest BCUT2D eigenvalue weighted by Crippen LogP contribution is 2.30. The van der Waals surface area contributed by atoms with E-state index in [-0.39, 0.29) is 12.0 Å². The summed E-state index contributed by atoms with van der Waals surface area (Å²) in [4.78, 5) is 12.2. The van der Waals surface area contributed by atoms with Gasteiger partial charge in [0.05, 0.1) is 6.10 Å². The van der Waals surface area contributed by atoms with E-state index in [0.717, 1.165) is 38.1 Å². The molecule has 0 bridgehead atoms. The average molecular weight is 297 g/mol. The molecule has 3 heteroatoms. The van der Waals surface area contributed by atoms with Crippen molar-refractivity contribution in [3.8, 4) is 0 Å². The zero-order chi connectivity index (χ0) is 15.7. The number of unbranched alkanes of at least 4 members (excludes halogenated alkanes) is 1. The quantitative estimate of drug-likeness (QED) is 0.631. The van der Waals surface area contributed by atoms with Crippen LogP contribution in [0.15, 0.2) is 0 Å². The molecule has 1 saturated carbocycles. The fourth-order valence-corrected chi connectivity index (χ4v) is 3.31. The first-order chi connectivity index (χ1) is 9.95. The summed E-state index contributed by atoms with van der Waals surface area (Å²) in [5.41, 5.74) is -0.472. The van der Waals surface area contributed by atoms with Crippen LogP contribution < -0.4 is 5.32 Å². The van der Waals surface area contributed by atoms with Gasteiger partial charge in [0.25, 0.3) is 0 Å². The van der Waals surface area contributed by atoms with Crippen molar-refractivity contribution in [3.05, 3.63) is 0 Å². The Morgan fingerprint density at radius 2 is 1.95 bits per heavy atom. The van der Waals surface area contributed by atoms with Crippen molar-refractivity contribution in [2.24, 2.45) is 11.3 Å². The molecule has 0 aliphatic heterocycles. The lowest BCUT2D eigenvalue weighted by Crippen LogP contribution is -2.39. The van der Waals surface area contributed by atoms with E-state index in [1.807, 2.05) is 13.8 Å². The molecule has 0 spiro atoms. The highest BCUT2D eigenvalue weighted by Gasteiger charge is 2.30. The van der Waals surface area contributed by atoms with Gasteiger partial charge in [-0.2, -0.15) is 0 Å². The molecule has 0 radical (unpaired) electrons. The second-order valence-corrected chi connectivity index (χ2v) is 7.43. The van der Waals surface area contributed by atoms with Crippen molar-refractivity contribution in [1.29, 1.82) is 0 Å². The first kappa shape index (κ1) is 18.5. The molecule has 0 aromatic rings. The van der Waals surface area contributed by atoms with E-state index in [0.29, 0.717) is 6.42 Å². The molecule has 124 valence electrons. The van der Waals surface area contributed by atoms with Gasteiger partial charge >= 0.3 is 0 Å². The van der Waals surface area contributed by atoms with Gasteiger partial charge in [0, 0.05) is 12.0 Å². The molecule has 0 aromatic heterocycles. The molecule has 1 unspecified atom stereocenters. The fraction of sp³-hybridized carbons (Fsp3) is 0.944. The summed E-state index contributed by atoms with van der Waals surface area (Å²) in [6, 6.07) is 0. The third-order valence-corrected chi connectivity index (χ3v) is 4.81. The van der Waals surface area contributed by atoms with Crippen molar-refractivity contribution < 1.29 is 9.90 Å². The number of hydrogen-bond donors (Lipinski definition) is 2. The van der Waals surface area contributed by atoms with Gasteiger partial charge in [-0.05, 0) is 31.6 Å². The third-order valence-electron chi connectivity index (χ3n) is 4.81. The van der Waals surface area contributed by atoms with Gasteiger partial charge in [0.2, 0.25) is 5.91 Å². The molecule has 0 aromatic carbocycles. The molecule has 1 atom stereocenters. The molecule has 2 N–H and O–H groups in total. The number of aliphatic hydroxyl groups excluding tert-OH is 1. The van der Waals surface area contributed by atoms with E-state index in [2.05, 4.69) is 12.2 Å². The summed E-state index contributed by atoms with van der Waals surface area (Å²) in [7, 11) is 0. The van der Waals surface area contributed by atoms with Crippen LogP contribution in [-0.2, 0) is 4.79 Å². The zero-order valence-electron chi connectivity index (χ0n) is 14.3. The number of nitrogens with one attached hydrogen (secondary N) is 1. The van der Waals surface area contributed by atoms with E-state index in [4.69, 9.17) is 0 Å². The maximum absolute atomic E-state index is 12.2. The normalized spacial score (nSPS) is 18.5. The summed E-state index contributed by atoms with van der Waals surface area (Å²) < 4.78 is 0. The summed E-state index contributed by atoms with van der Waals surface area (Å²) in [6.07, 6.45) is 11.0. The number of hydrogen-bond acceptors (Lipinski definition) is 2. The van der Waals surface area contributed by atoms with Crippen LogP contribution in [0.25, 0.3) is 0 Å². The van der Waals surface area contributed by atoms with Gasteiger partial charge in [0.1, 0.15) is 0 Å². The van der Waals surface area contributed by atoms with Crippen LogP contribution in [0.4, 0.5) is 0 Å². The lowest BCUT2D eigenvalue weighted by molar-refractivity contribution is -0.131. The Bertz CT molecular complexity index is 296. The number of amides is 1. The molecule has 3 nitrogen and oxygen atoms in total. The Kier molecular flexibility index (Phi) is 8.31. The molecule has 1 aliphatic rings.